The van der Waals surface area contributed by atoms with Crippen molar-refractivity contribution in [1.29, 1.82) is 0 Å². The third-order valence-corrected chi connectivity index (χ3v) is 5.87. The van der Waals surface area contributed by atoms with Gasteiger partial charge >= 0.3 is 0 Å². The number of aliphatic hydroxyl groups excluding tert-OH is 1. The maximum atomic E-state index is 9.82. The Labute approximate surface area is 130 Å². The number of hydrogen-bond donors (Lipinski definition) is 2. The molecule has 2 aliphatic rings. The van der Waals surface area contributed by atoms with Gasteiger partial charge in [-0.15, -0.1) is 0 Å². The van der Waals surface area contributed by atoms with Crippen molar-refractivity contribution in [2.75, 3.05) is 19.8 Å². The van der Waals surface area contributed by atoms with Crippen molar-refractivity contribution in [2.24, 2.45) is 11.3 Å². The Morgan fingerprint density at radius 1 is 1.14 bits per heavy atom. The SMILES string of the molecule is CCNC1(CO)CCCC1CCOC1CCC(C)(C)CC1. The standard InChI is InChI=1S/C18H35NO2/c1-4-19-18(14-20)10-5-6-15(18)9-13-21-16-7-11-17(2,3)12-8-16/h15-16,19-20H,4-14H2,1-3H3. The minimum Gasteiger partial charge on any atom is -0.394 e. The summed E-state index contributed by atoms with van der Waals surface area (Å²) in [4.78, 5) is 0. The number of ether oxygens (including phenoxy) is 1. The Bertz CT molecular complexity index is 308. The quantitative estimate of drug-likeness (QED) is 0.755. The van der Waals surface area contributed by atoms with E-state index in [0.717, 1.165) is 26.0 Å². The van der Waals surface area contributed by atoms with Crippen LogP contribution in [0.3, 0.4) is 0 Å². The zero-order chi connectivity index (χ0) is 15.3. The van der Waals surface area contributed by atoms with Crippen LogP contribution >= 0.6 is 0 Å². The van der Waals surface area contributed by atoms with E-state index in [-0.39, 0.29) is 12.1 Å². The Morgan fingerprint density at radius 2 is 1.86 bits per heavy atom. The monoisotopic (exact) mass is 297 g/mol. The molecule has 0 saturated heterocycles. The van der Waals surface area contributed by atoms with Crippen molar-refractivity contribution in [1.82, 2.24) is 5.32 Å². The van der Waals surface area contributed by atoms with E-state index < -0.39 is 0 Å². The van der Waals surface area contributed by atoms with Gasteiger partial charge in [0.05, 0.1) is 12.7 Å². The van der Waals surface area contributed by atoms with Crippen LogP contribution in [0, 0.1) is 11.3 Å². The lowest BCUT2D eigenvalue weighted by Crippen LogP contribution is -2.51. The van der Waals surface area contributed by atoms with Crippen molar-refractivity contribution in [3.63, 3.8) is 0 Å². The van der Waals surface area contributed by atoms with Gasteiger partial charge in [0.25, 0.3) is 0 Å². The minimum absolute atomic E-state index is 0.0351. The highest BCUT2D eigenvalue weighted by Gasteiger charge is 2.41. The maximum absolute atomic E-state index is 9.82. The Balaban J connectivity index is 1.73. The highest BCUT2D eigenvalue weighted by atomic mass is 16.5. The smallest absolute Gasteiger partial charge is 0.0616 e. The van der Waals surface area contributed by atoms with Gasteiger partial charge in [0, 0.05) is 12.1 Å². The number of hydrogen-bond acceptors (Lipinski definition) is 3. The van der Waals surface area contributed by atoms with Crippen LogP contribution in [0.1, 0.15) is 72.1 Å². The second-order valence-corrected chi connectivity index (χ2v) is 7.96. The number of nitrogens with one attached hydrogen (secondary N) is 1. The summed E-state index contributed by atoms with van der Waals surface area (Å²) in [7, 11) is 0. The Morgan fingerprint density at radius 3 is 2.48 bits per heavy atom. The molecule has 2 fully saturated rings. The largest absolute Gasteiger partial charge is 0.394 e. The fraction of sp³-hybridized carbons (Fsp3) is 1.00. The number of aliphatic hydroxyl groups is 1. The molecular formula is C18H35NO2. The van der Waals surface area contributed by atoms with Gasteiger partial charge in [-0.05, 0) is 62.8 Å². The molecule has 0 heterocycles. The van der Waals surface area contributed by atoms with E-state index in [9.17, 15) is 5.11 Å². The van der Waals surface area contributed by atoms with E-state index in [0.29, 0.717) is 17.4 Å². The van der Waals surface area contributed by atoms with Crippen LogP contribution in [0.15, 0.2) is 0 Å². The molecule has 0 aromatic heterocycles. The van der Waals surface area contributed by atoms with E-state index >= 15 is 0 Å². The summed E-state index contributed by atoms with van der Waals surface area (Å²) in [5.41, 5.74) is 0.481. The first-order chi connectivity index (χ1) is 10.0. The third kappa shape index (κ3) is 4.43. The summed E-state index contributed by atoms with van der Waals surface area (Å²) in [6, 6.07) is 0. The number of rotatable bonds is 7. The van der Waals surface area contributed by atoms with Crippen molar-refractivity contribution >= 4 is 0 Å². The molecule has 0 aromatic rings. The van der Waals surface area contributed by atoms with E-state index in [1.165, 1.54) is 38.5 Å². The molecule has 2 unspecified atom stereocenters. The predicted octanol–water partition coefficient (Wildman–Crippen LogP) is 3.50. The molecule has 0 spiro atoms. The first-order valence-electron chi connectivity index (χ1n) is 8.99. The summed E-state index contributed by atoms with van der Waals surface area (Å²) < 4.78 is 6.14. The summed E-state index contributed by atoms with van der Waals surface area (Å²) in [5.74, 6) is 0.572. The Kier molecular flexibility index (Phi) is 6.10. The third-order valence-electron chi connectivity index (χ3n) is 5.87. The van der Waals surface area contributed by atoms with Crippen LogP contribution < -0.4 is 5.32 Å². The van der Waals surface area contributed by atoms with Gasteiger partial charge in [-0.1, -0.05) is 27.2 Å². The predicted molar refractivity (Wildman–Crippen MR) is 87.4 cm³/mol. The van der Waals surface area contributed by atoms with Crippen LogP contribution in [0.25, 0.3) is 0 Å². The molecule has 2 saturated carbocycles. The second kappa shape index (κ2) is 7.43. The molecule has 21 heavy (non-hydrogen) atoms. The van der Waals surface area contributed by atoms with Crippen LogP contribution in [0.4, 0.5) is 0 Å². The van der Waals surface area contributed by atoms with Gasteiger partial charge in [-0.25, -0.2) is 0 Å². The molecular weight excluding hydrogens is 262 g/mol. The molecule has 0 aliphatic heterocycles. The van der Waals surface area contributed by atoms with Gasteiger partial charge < -0.3 is 15.2 Å². The molecule has 3 nitrogen and oxygen atoms in total. The van der Waals surface area contributed by atoms with Gasteiger partial charge in [0.15, 0.2) is 0 Å². The van der Waals surface area contributed by atoms with Gasteiger partial charge in [-0.3, -0.25) is 0 Å². The lowest BCUT2D eigenvalue weighted by molar-refractivity contribution is -0.00730. The molecule has 124 valence electrons. The lowest BCUT2D eigenvalue weighted by atomic mass is 9.76. The molecule has 0 amide bonds. The van der Waals surface area contributed by atoms with Crippen molar-refractivity contribution in [3.8, 4) is 0 Å². The first-order valence-corrected chi connectivity index (χ1v) is 8.99. The van der Waals surface area contributed by atoms with Crippen molar-refractivity contribution in [3.05, 3.63) is 0 Å². The van der Waals surface area contributed by atoms with Gasteiger partial charge in [-0.2, -0.15) is 0 Å². The minimum atomic E-state index is -0.0351. The summed E-state index contributed by atoms with van der Waals surface area (Å²) in [5, 5.41) is 13.4. The zero-order valence-corrected chi connectivity index (χ0v) is 14.3. The molecule has 0 bridgehead atoms. The molecule has 2 atom stereocenters. The molecule has 2 rings (SSSR count). The fourth-order valence-corrected chi connectivity index (χ4v) is 4.33. The zero-order valence-electron chi connectivity index (χ0n) is 14.3. The molecule has 0 aromatic carbocycles. The van der Waals surface area contributed by atoms with Crippen LogP contribution in [0.5, 0.6) is 0 Å². The van der Waals surface area contributed by atoms with Gasteiger partial charge in [0.2, 0.25) is 0 Å². The summed E-state index contributed by atoms with van der Waals surface area (Å²) in [6.45, 7) is 8.94. The topological polar surface area (TPSA) is 41.5 Å². The molecule has 0 radical (unpaired) electrons. The highest BCUT2D eigenvalue weighted by Crippen LogP contribution is 2.39. The summed E-state index contributed by atoms with van der Waals surface area (Å²) in [6.07, 6.45) is 10.2. The average Bonchev–Trinajstić information content (AvgIpc) is 2.85. The van der Waals surface area contributed by atoms with Crippen molar-refractivity contribution in [2.45, 2.75) is 83.8 Å². The lowest BCUT2D eigenvalue weighted by Gasteiger charge is -2.36. The summed E-state index contributed by atoms with van der Waals surface area (Å²) >= 11 is 0. The average molecular weight is 297 g/mol. The highest BCUT2D eigenvalue weighted by molar-refractivity contribution is 4.98. The fourth-order valence-electron chi connectivity index (χ4n) is 4.33. The van der Waals surface area contributed by atoms with E-state index in [1.807, 2.05) is 0 Å². The maximum Gasteiger partial charge on any atom is 0.0616 e. The Hall–Kier alpha value is -0.120. The molecule has 2 aliphatic carbocycles. The molecule has 2 N–H and O–H groups in total. The van der Waals surface area contributed by atoms with E-state index in [1.54, 1.807) is 0 Å². The number of likely N-dealkylation sites (N-methyl/N-ethyl adjacent to an activating group) is 1. The second-order valence-electron chi connectivity index (χ2n) is 7.96. The van der Waals surface area contributed by atoms with Crippen LogP contribution in [0.2, 0.25) is 0 Å². The van der Waals surface area contributed by atoms with Crippen molar-refractivity contribution < 1.29 is 9.84 Å². The normalized spacial score (nSPS) is 33.4. The molecule has 3 heteroatoms. The van der Waals surface area contributed by atoms with Crippen LogP contribution in [-0.2, 0) is 4.74 Å². The van der Waals surface area contributed by atoms with Crippen LogP contribution in [-0.4, -0.2) is 36.5 Å². The van der Waals surface area contributed by atoms with E-state index in [2.05, 4.69) is 26.1 Å². The van der Waals surface area contributed by atoms with Gasteiger partial charge in [0.1, 0.15) is 0 Å². The van der Waals surface area contributed by atoms with E-state index in [4.69, 9.17) is 4.74 Å². The first kappa shape index (κ1) is 17.2.